The zero-order valence-corrected chi connectivity index (χ0v) is 20.1. The van der Waals surface area contributed by atoms with Crippen LogP contribution in [0.3, 0.4) is 0 Å². The maximum atomic E-state index is 13.1. The normalized spacial score (nSPS) is 10.4. The molecular formula is C27H25N3O6. The third-order valence-electron chi connectivity index (χ3n) is 5.32. The molecule has 0 radical (unpaired) electrons. The van der Waals surface area contributed by atoms with E-state index in [1.54, 1.807) is 54.4 Å². The molecule has 0 aliphatic carbocycles. The number of amides is 1. The number of ether oxygens (including phenoxy) is 4. The number of aromatic nitrogens is 2. The van der Waals surface area contributed by atoms with E-state index in [0.717, 1.165) is 5.69 Å². The largest absolute Gasteiger partial charge is 0.497 e. The molecule has 0 fully saturated rings. The van der Waals surface area contributed by atoms with Crippen LogP contribution in [0.25, 0.3) is 16.9 Å². The van der Waals surface area contributed by atoms with E-state index < -0.39 is 18.5 Å². The van der Waals surface area contributed by atoms with Crippen LogP contribution in [0.15, 0.2) is 79.0 Å². The molecule has 9 heteroatoms. The second-order valence-corrected chi connectivity index (χ2v) is 7.59. The molecule has 1 heterocycles. The van der Waals surface area contributed by atoms with Crippen LogP contribution in [0.1, 0.15) is 10.4 Å². The van der Waals surface area contributed by atoms with Gasteiger partial charge in [0.1, 0.15) is 28.5 Å². The number of para-hydroxylation sites is 1. The predicted octanol–water partition coefficient (Wildman–Crippen LogP) is 4.36. The first-order valence-electron chi connectivity index (χ1n) is 11.0. The summed E-state index contributed by atoms with van der Waals surface area (Å²) in [4.78, 5) is 25.6. The molecule has 36 heavy (non-hydrogen) atoms. The minimum Gasteiger partial charge on any atom is -0.497 e. The van der Waals surface area contributed by atoms with E-state index in [1.807, 2.05) is 36.4 Å². The summed E-state index contributed by atoms with van der Waals surface area (Å²) in [7, 11) is 4.58. The zero-order valence-electron chi connectivity index (χ0n) is 20.1. The fraction of sp³-hybridized carbons (Fsp3) is 0.148. The SMILES string of the molecule is COc1cccc(-c2nn(-c3ccccc3)cc2C(=O)OCC(=O)Nc2ccc(OC)cc2OC)c1. The number of esters is 1. The van der Waals surface area contributed by atoms with Crippen LogP contribution in [0.5, 0.6) is 17.2 Å². The van der Waals surface area contributed by atoms with E-state index in [0.29, 0.717) is 34.2 Å². The number of hydrogen-bond acceptors (Lipinski definition) is 7. The Hall–Kier alpha value is -4.79. The van der Waals surface area contributed by atoms with Gasteiger partial charge in [-0.2, -0.15) is 5.10 Å². The predicted molar refractivity (Wildman–Crippen MR) is 134 cm³/mol. The van der Waals surface area contributed by atoms with Crippen molar-refractivity contribution in [3.8, 4) is 34.2 Å². The van der Waals surface area contributed by atoms with Crippen LogP contribution < -0.4 is 19.5 Å². The summed E-state index contributed by atoms with van der Waals surface area (Å²) in [5, 5.41) is 7.29. The highest BCUT2D eigenvalue weighted by atomic mass is 16.5. The molecule has 0 saturated carbocycles. The summed E-state index contributed by atoms with van der Waals surface area (Å²) in [6.45, 7) is -0.498. The number of rotatable bonds is 9. The lowest BCUT2D eigenvalue weighted by Crippen LogP contribution is -2.21. The highest BCUT2D eigenvalue weighted by Gasteiger charge is 2.21. The van der Waals surface area contributed by atoms with Crippen molar-refractivity contribution in [2.75, 3.05) is 33.3 Å². The molecule has 1 amide bonds. The molecule has 0 aliphatic rings. The Kier molecular flexibility index (Phi) is 7.50. The second kappa shape index (κ2) is 11.1. The molecule has 0 aliphatic heterocycles. The summed E-state index contributed by atoms with van der Waals surface area (Å²) in [6.07, 6.45) is 1.58. The molecule has 1 N–H and O–H groups in total. The van der Waals surface area contributed by atoms with Gasteiger partial charge in [0.05, 0.1) is 32.7 Å². The molecule has 1 aromatic heterocycles. The highest BCUT2D eigenvalue weighted by molar-refractivity contribution is 5.99. The van der Waals surface area contributed by atoms with Gasteiger partial charge >= 0.3 is 5.97 Å². The van der Waals surface area contributed by atoms with E-state index in [4.69, 9.17) is 18.9 Å². The van der Waals surface area contributed by atoms with Gasteiger partial charge in [0.25, 0.3) is 5.91 Å². The van der Waals surface area contributed by atoms with E-state index in [9.17, 15) is 9.59 Å². The van der Waals surface area contributed by atoms with Crippen molar-refractivity contribution in [1.82, 2.24) is 9.78 Å². The van der Waals surface area contributed by atoms with Crippen molar-refractivity contribution in [1.29, 1.82) is 0 Å². The van der Waals surface area contributed by atoms with Crippen molar-refractivity contribution < 1.29 is 28.5 Å². The Morgan fingerprint density at radius 2 is 1.61 bits per heavy atom. The summed E-state index contributed by atoms with van der Waals surface area (Å²) >= 11 is 0. The van der Waals surface area contributed by atoms with E-state index in [1.165, 1.54) is 14.2 Å². The molecule has 0 unspecified atom stereocenters. The summed E-state index contributed by atoms with van der Waals surface area (Å²) in [5.41, 5.74) is 2.48. The third kappa shape index (κ3) is 5.47. The number of benzene rings is 3. The standard InChI is InChI=1S/C27H25N3O6/c1-33-20-11-7-8-18(14-20)26-22(16-30(29-26)19-9-5-4-6-10-19)27(32)36-17-25(31)28-23-13-12-21(34-2)15-24(23)35-3/h4-16H,17H2,1-3H3,(H,28,31). The first-order valence-corrected chi connectivity index (χ1v) is 11.0. The molecule has 4 aromatic rings. The van der Waals surface area contributed by atoms with Crippen LogP contribution >= 0.6 is 0 Å². The van der Waals surface area contributed by atoms with E-state index >= 15 is 0 Å². The van der Waals surface area contributed by atoms with Crippen LogP contribution in [0, 0.1) is 0 Å². The average Bonchev–Trinajstić information content (AvgIpc) is 3.38. The van der Waals surface area contributed by atoms with Crippen molar-refractivity contribution >= 4 is 17.6 Å². The minimum absolute atomic E-state index is 0.210. The molecule has 9 nitrogen and oxygen atoms in total. The van der Waals surface area contributed by atoms with Gasteiger partial charge in [-0.05, 0) is 36.4 Å². The minimum atomic E-state index is -0.688. The number of carbonyl (C=O) groups excluding carboxylic acids is 2. The Bertz CT molecular complexity index is 1370. The van der Waals surface area contributed by atoms with Crippen molar-refractivity contribution in [3.63, 3.8) is 0 Å². The van der Waals surface area contributed by atoms with E-state index in [2.05, 4.69) is 10.4 Å². The maximum absolute atomic E-state index is 13.1. The van der Waals surface area contributed by atoms with Gasteiger partial charge in [-0.1, -0.05) is 30.3 Å². The Labute approximate surface area is 208 Å². The number of nitrogens with one attached hydrogen (secondary N) is 1. The first-order chi connectivity index (χ1) is 17.5. The molecule has 0 spiro atoms. The molecular weight excluding hydrogens is 462 g/mol. The maximum Gasteiger partial charge on any atom is 0.342 e. The fourth-order valence-electron chi connectivity index (χ4n) is 3.52. The van der Waals surface area contributed by atoms with Crippen molar-refractivity contribution in [2.24, 2.45) is 0 Å². The summed E-state index contributed by atoms with van der Waals surface area (Å²) in [5.74, 6) is 0.404. The summed E-state index contributed by atoms with van der Waals surface area (Å²) in [6, 6.07) is 21.5. The lowest BCUT2D eigenvalue weighted by atomic mass is 10.1. The molecule has 0 atom stereocenters. The highest BCUT2D eigenvalue weighted by Crippen LogP contribution is 2.29. The summed E-state index contributed by atoms with van der Waals surface area (Å²) < 4.78 is 22.7. The average molecular weight is 488 g/mol. The third-order valence-corrected chi connectivity index (χ3v) is 5.32. The van der Waals surface area contributed by atoms with Gasteiger partial charge in [-0.25, -0.2) is 9.48 Å². The first kappa shape index (κ1) is 24.3. The smallest absolute Gasteiger partial charge is 0.342 e. The molecule has 3 aromatic carbocycles. The zero-order chi connectivity index (χ0) is 25.5. The van der Waals surface area contributed by atoms with Gasteiger partial charge in [-0.3, -0.25) is 4.79 Å². The van der Waals surface area contributed by atoms with Crippen molar-refractivity contribution in [2.45, 2.75) is 0 Å². The Morgan fingerprint density at radius 1 is 0.861 bits per heavy atom. The van der Waals surface area contributed by atoms with Gasteiger partial charge in [0.15, 0.2) is 6.61 Å². The number of anilines is 1. The van der Waals surface area contributed by atoms with E-state index in [-0.39, 0.29) is 5.56 Å². The van der Waals surface area contributed by atoms with Crippen LogP contribution in [0.2, 0.25) is 0 Å². The fourth-order valence-corrected chi connectivity index (χ4v) is 3.52. The van der Waals surface area contributed by atoms with Gasteiger partial charge in [0.2, 0.25) is 0 Å². The van der Waals surface area contributed by atoms with Crippen LogP contribution in [0.4, 0.5) is 5.69 Å². The number of hydrogen-bond donors (Lipinski definition) is 1. The lowest BCUT2D eigenvalue weighted by Gasteiger charge is -2.12. The lowest BCUT2D eigenvalue weighted by molar-refractivity contribution is -0.119. The molecule has 184 valence electrons. The quantitative estimate of drug-likeness (QED) is 0.350. The Balaban J connectivity index is 1.55. The van der Waals surface area contributed by atoms with Gasteiger partial charge in [-0.15, -0.1) is 0 Å². The van der Waals surface area contributed by atoms with Gasteiger partial charge < -0.3 is 24.3 Å². The molecule has 0 bridgehead atoms. The molecule has 4 rings (SSSR count). The number of methoxy groups -OCH3 is 3. The monoisotopic (exact) mass is 487 g/mol. The molecule has 0 saturated heterocycles. The van der Waals surface area contributed by atoms with Crippen molar-refractivity contribution in [3.05, 3.63) is 84.6 Å². The van der Waals surface area contributed by atoms with Crippen LogP contribution in [-0.2, 0) is 9.53 Å². The number of carbonyl (C=O) groups is 2. The topological polar surface area (TPSA) is 101 Å². The second-order valence-electron chi connectivity index (χ2n) is 7.59. The number of nitrogens with zero attached hydrogens (tertiary/aromatic N) is 2. The Morgan fingerprint density at radius 3 is 2.33 bits per heavy atom. The van der Waals surface area contributed by atoms with Gasteiger partial charge in [0, 0.05) is 17.8 Å². The van der Waals surface area contributed by atoms with Crippen LogP contribution in [-0.4, -0.2) is 49.6 Å².